The average Bonchev–Trinajstić information content (AvgIpc) is 2.42. The monoisotopic (exact) mass is 196 g/mol. The Hall–Kier alpha value is -1.49. The second kappa shape index (κ2) is 3.02. The summed E-state index contributed by atoms with van der Waals surface area (Å²) in [5.74, 6) is -2.17. The second-order valence-corrected chi connectivity index (χ2v) is 3.41. The van der Waals surface area contributed by atoms with Gasteiger partial charge in [0.25, 0.3) is 0 Å². The molecule has 0 aromatic carbocycles. The highest BCUT2D eigenvalue weighted by atomic mass is 19.1. The summed E-state index contributed by atoms with van der Waals surface area (Å²) in [6, 6.07) is 1.36. The molecule has 1 aromatic rings. The van der Waals surface area contributed by atoms with Crippen LogP contribution in [0.2, 0.25) is 0 Å². The number of aromatic carboxylic acids is 1. The molecule has 0 saturated heterocycles. The number of hydrogen-bond donors (Lipinski definition) is 1. The van der Waals surface area contributed by atoms with E-state index in [1.165, 1.54) is 6.07 Å². The number of hydrogen-bond acceptors (Lipinski definition) is 3. The van der Waals surface area contributed by atoms with Crippen LogP contribution in [0.25, 0.3) is 0 Å². The van der Waals surface area contributed by atoms with Crippen molar-refractivity contribution < 1.29 is 14.3 Å². The van der Waals surface area contributed by atoms with E-state index in [-0.39, 0.29) is 5.56 Å². The quantitative estimate of drug-likeness (QED) is 0.677. The van der Waals surface area contributed by atoms with E-state index in [0.717, 1.165) is 5.56 Å². The van der Waals surface area contributed by atoms with Crippen LogP contribution in [0.3, 0.4) is 0 Å². The van der Waals surface area contributed by atoms with Crippen molar-refractivity contribution in [1.29, 1.82) is 0 Å². The fourth-order valence-corrected chi connectivity index (χ4v) is 1.59. The Morgan fingerprint density at radius 2 is 2.36 bits per heavy atom. The Labute approximate surface area is 80.0 Å². The molecule has 4 nitrogen and oxygen atoms in total. The third-order valence-electron chi connectivity index (χ3n) is 2.23. The minimum absolute atomic E-state index is 0.348. The topological polar surface area (TPSA) is 53.4 Å². The molecular formula is C9H9FN2O2. The van der Waals surface area contributed by atoms with E-state index in [9.17, 15) is 9.18 Å². The number of aromatic nitrogens is 1. The zero-order valence-electron chi connectivity index (χ0n) is 7.62. The molecule has 0 radical (unpaired) electrons. The van der Waals surface area contributed by atoms with Crippen molar-refractivity contribution in [2.45, 2.75) is 13.1 Å². The first kappa shape index (κ1) is 9.08. The molecule has 0 unspecified atom stereocenters. The lowest BCUT2D eigenvalue weighted by Gasteiger charge is -2.02. The molecule has 1 aliphatic heterocycles. The summed E-state index contributed by atoms with van der Waals surface area (Å²) >= 11 is 0. The molecule has 1 N–H and O–H groups in total. The van der Waals surface area contributed by atoms with Gasteiger partial charge in [-0.1, -0.05) is 0 Å². The summed E-state index contributed by atoms with van der Waals surface area (Å²) in [7, 11) is 1.88. The summed E-state index contributed by atoms with van der Waals surface area (Å²) < 4.78 is 13.1. The number of pyridine rings is 1. The zero-order valence-corrected chi connectivity index (χ0v) is 7.62. The standard InChI is InChI=1S/C9H9FN2O2/c1-12-3-5-2-6(9(13)14)8(10)11-7(5)4-12/h2H,3-4H2,1H3,(H,13,14). The lowest BCUT2D eigenvalue weighted by atomic mass is 10.1. The van der Waals surface area contributed by atoms with E-state index in [1.807, 2.05) is 11.9 Å². The molecule has 74 valence electrons. The maximum atomic E-state index is 13.1. The lowest BCUT2D eigenvalue weighted by molar-refractivity contribution is 0.0690. The largest absolute Gasteiger partial charge is 0.478 e. The first-order valence-corrected chi connectivity index (χ1v) is 4.18. The summed E-state index contributed by atoms with van der Waals surface area (Å²) in [6.07, 6.45) is 0. The smallest absolute Gasteiger partial charge is 0.340 e. The van der Waals surface area contributed by atoms with Gasteiger partial charge in [0.2, 0.25) is 5.95 Å². The molecule has 0 saturated carbocycles. The number of carbonyl (C=O) groups is 1. The molecular weight excluding hydrogens is 187 g/mol. The van der Waals surface area contributed by atoms with Gasteiger partial charge in [-0.05, 0) is 18.7 Å². The van der Waals surface area contributed by atoms with Crippen LogP contribution in [0.1, 0.15) is 21.6 Å². The van der Waals surface area contributed by atoms with Crippen LogP contribution in [0.4, 0.5) is 4.39 Å². The number of carboxylic acids is 1. The van der Waals surface area contributed by atoms with E-state index >= 15 is 0 Å². The van der Waals surface area contributed by atoms with Gasteiger partial charge in [-0.25, -0.2) is 9.78 Å². The first-order valence-electron chi connectivity index (χ1n) is 4.18. The molecule has 0 atom stereocenters. The zero-order chi connectivity index (χ0) is 10.3. The minimum Gasteiger partial charge on any atom is -0.478 e. The van der Waals surface area contributed by atoms with Gasteiger partial charge < -0.3 is 5.11 Å². The molecule has 1 aromatic heterocycles. The van der Waals surface area contributed by atoms with Crippen molar-refractivity contribution >= 4 is 5.97 Å². The van der Waals surface area contributed by atoms with Gasteiger partial charge in [0, 0.05) is 13.1 Å². The molecule has 1 aliphatic rings. The fraction of sp³-hybridized carbons (Fsp3) is 0.333. The molecule has 14 heavy (non-hydrogen) atoms. The van der Waals surface area contributed by atoms with E-state index in [4.69, 9.17) is 5.11 Å². The van der Waals surface area contributed by atoms with E-state index in [0.29, 0.717) is 18.8 Å². The molecule has 0 amide bonds. The van der Waals surface area contributed by atoms with Gasteiger partial charge in [0.15, 0.2) is 0 Å². The van der Waals surface area contributed by atoms with E-state index in [2.05, 4.69) is 4.98 Å². The highest BCUT2D eigenvalue weighted by Gasteiger charge is 2.22. The number of halogens is 1. The number of rotatable bonds is 1. The predicted molar refractivity (Wildman–Crippen MR) is 46.3 cm³/mol. The molecule has 0 fully saturated rings. The van der Waals surface area contributed by atoms with Crippen LogP contribution < -0.4 is 0 Å². The molecule has 2 heterocycles. The van der Waals surface area contributed by atoms with Crippen molar-refractivity contribution in [3.63, 3.8) is 0 Å². The van der Waals surface area contributed by atoms with Crippen LogP contribution in [-0.4, -0.2) is 28.0 Å². The van der Waals surface area contributed by atoms with E-state index in [1.54, 1.807) is 0 Å². The molecule has 0 aliphatic carbocycles. The minimum atomic E-state index is -1.27. The van der Waals surface area contributed by atoms with Crippen molar-refractivity contribution in [2.24, 2.45) is 0 Å². The summed E-state index contributed by atoms with van der Waals surface area (Å²) in [6.45, 7) is 1.20. The summed E-state index contributed by atoms with van der Waals surface area (Å²) in [5.41, 5.74) is 1.08. The Bertz CT molecular complexity index is 406. The Morgan fingerprint density at radius 1 is 1.64 bits per heavy atom. The highest BCUT2D eigenvalue weighted by Crippen LogP contribution is 2.21. The van der Waals surface area contributed by atoms with Gasteiger partial charge >= 0.3 is 5.97 Å². The molecule has 5 heteroatoms. The normalized spacial score (nSPS) is 15.6. The van der Waals surface area contributed by atoms with E-state index < -0.39 is 11.9 Å². The number of carboxylic acid groups (broad SMARTS) is 1. The van der Waals surface area contributed by atoms with Crippen LogP contribution in [-0.2, 0) is 13.1 Å². The van der Waals surface area contributed by atoms with Gasteiger partial charge in [0.05, 0.1) is 5.69 Å². The first-order chi connectivity index (χ1) is 6.58. The fourth-order valence-electron chi connectivity index (χ4n) is 1.59. The van der Waals surface area contributed by atoms with Crippen LogP contribution in [0.5, 0.6) is 0 Å². The summed E-state index contributed by atoms with van der Waals surface area (Å²) in [4.78, 5) is 16.2. The van der Waals surface area contributed by atoms with Gasteiger partial charge in [0.1, 0.15) is 5.56 Å². The Morgan fingerprint density at radius 3 is 3.00 bits per heavy atom. The van der Waals surface area contributed by atoms with Crippen molar-refractivity contribution in [1.82, 2.24) is 9.88 Å². The van der Waals surface area contributed by atoms with Gasteiger partial charge in [-0.3, -0.25) is 4.90 Å². The van der Waals surface area contributed by atoms with Crippen molar-refractivity contribution in [2.75, 3.05) is 7.05 Å². The summed E-state index contributed by atoms with van der Waals surface area (Å²) in [5, 5.41) is 8.67. The number of fused-ring (bicyclic) bond motifs is 1. The van der Waals surface area contributed by atoms with Crippen molar-refractivity contribution in [3.8, 4) is 0 Å². The second-order valence-electron chi connectivity index (χ2n) is 3.41. The Kier molecular flexibility index (Phi) is 1.96. The Balaban J connectivity index is 2.50. The maximum absolute atomic E-state index is 13.1. The highest BCUT2D eigenvalue weighted by molar-refractivity contribution is 5.87. The molecule has 2 rings (SSSR count). The van der Waals surface area contributed by atoms with Crippen LogP contribution in [0.15, 0.2) is 6.07 Å². The third kappa shape index (κ3) is 1.35. The SMILES string of the molecule is CN1Cc2cc(C(=O)O)c(F)nc2C1. The number of nitrogens with zero attached hydrogens (tertiary/aromatic N) is 2. The van der Waals surface area contributed by atoms with Crippen LogP contribution >= 0.6 is 0 Å². The molecule has 0 bridgehead atoms. The molecule has 0 spiro atoms. The van der Waals surface area contributed by atoms with Gasteiger partial charge in [-0.2, -0.15) is 4.39 Å². The predicted octanol–water partition coefficient (Wildman–Crippen LogP) is 0.864. The lowest BCUT2D eigenvalue weighted by Crippen LogP contribution is -2.07. The third-order valence-corrected chi connectivity index (χ3v) is 2.23. The van der Waals surface area contributed by atoms with Crippen molar-refractivity contribution in [3.05, 3.63) is 28.8 Å². The van der Waals surface area contributed by atoms with Crippen LogP contribution in [0, 0.1) is 5.95 Å². The van der Waals surface area contributed by atoms with Gasteiger partial charge in [-0.15, -0.1) is 0 Å². The average molecular weight is 196 g/mol. The maximum Gasteiger partial charge on any atom is 0.340 e.